The summed E-state index contributed by atoms with van der Waals surface area (Å²) in [4.78, 5) is 38.4. The maximum atomic E-state index is 14.1. The molecule has 6 rings (SSSR count). The summed E-state index contributed by atoms with van der Waals surface area (Å²) in [5.74, 6) is -0.441. The number of halogens is 2. The summed E-state index contributed by atoms with van der Waals surface area (Å²) in [6, 6.07) is 7.06. The van der Waals surface area contributed by atoms with E-state index in [2.05, 4.69) is 15.6 Å². The highest BCUT2D eigenvalue weighted by atomic mass is 19.1. The lowest BCUT2D eigenvalue weighted by Gasteiger charge is -2.21. The second kappa shape index (κ2) is 8.82. The minimum absolute atomic E-state index is 0.175. The normalized spacial score (nSPS) is 16.6. The van der Waals surface area contributed by atoms with Crippen molar-refractivity contribution in [1.82, 2.24) is 24.7 Å². The first-order chi connectivity index (χ1) is 18.6. The second-order valence-corrected chi connectivity index (χ2v) is 10.6. The van der Waals surface area contributed by atoms with Gasteiger partial charge in [0.15, 0.2) is 17.2 Å². The molecule has 1 saturated carbocycles. The molecule has 3 aromatic heterocycles. The van der Waals surface area contributed by atoms with Gasteiger partial charge < -0.3 is 15.4 Å². The van der Waals surface area contributed by atoms with E-state index in [9.17, 15) is 18.4 Å². The summed E-state index contributed by atoms with van der Waals surface area (Å²) in [7, 11) is 0. The van der Waals surface area contributed by atoms with E-state index in [1.807, 2.05) is 13.8 Å². The van der Waals surface area contributed by atoms with E-state index in [1.54, 1.807) is 29.7 Å². The fourth-order valence-electron chi connectivity index (χ4n) is 5.19. The summed E-state index contributed by atoms with van der Waals surface area (Å²) in [5, 5.41) is 5.81. The van der Waals surface area contributed by atoms with Crippen molar-refractivity contribution < 1.29 is 23.1 Å². The Bertz CT molecular complexity index is 1640. The largest absolute Gasteiger partial charge is 0.485 e. The Labute approximate surface area is 222 Å². The van der Waals surface area contributed by atoms with Crippen molar-refractivity contribution in [3.63, 3.8) is 0 Å². The Morgan fingerprint density at radius 1 is 1.13 bits per heavy atom. The third-order valence-electron chi connectivity index (χ3n) is 7.57. The Balaban J connectivity index is 1.43. The van der Waals surface area contributed by atoms with Crippen molar-refractivity contribution >= 4 is 23.8 Å². The zero-order valence-electron chi connectivity index (χ0n) is 21.6. The molecule has 0 saturated heterocycles. The monoisotopic (exact) mass is 532 g/mol. The number of anilines is 1. The van der Waals surface area contributed by atoms with Gasteiger partial charge in [-0.15, -0.1) is 0 Å². The fourth-order valence-corrected chi connectivity index (χ4v) is 5.19. The first kappa shape index (κ1) is 24.9. The Morgan fingerprint density at radius 2 is 1.87 bits per heavy atom. The van der Waals surface area contributed by atoms with Crippen LogP contribution in [0.5, 0.6) is 5.75 Å². The van der Waals surface area contributed by atoms with E-state index in [0.717, 1.165) is 18.4 Å². The van der Waals surface area contributed by atoms with Gasteiger partial charge in [-0.25, -0.2) is 23.7 Å². The van der Waals surface area contributed by atoms with Crippen molar-refractivity contribution in [1.29, 1.82) is 0 Å². The number of nitrogens with zero attached hydrogens (tertiary/aromatic N) is 4. The number of carbonyl (C=O) groups excluding carboxylic acids is 2. The lowest BCUT2D eigenvalue weighted by atomic mass is 9.84. The smallest absolute Gasteiger partial charge is 0.235 e. The number of aromatic nitrogens is 4. The van der Waals surface area contributed by atoms with Gasteiger partial charge in [-0.1, -0.05) is 6.07 Å². The van der Waals surface area contributed by atoms with Gasteiger partial charge in [0.2, 0.25) is 12.3 Å². The quantitative estimate of drug-likeness (QED) is 0.332. The average molecular weight is 533 g/mol. The second-order valence-electron chi connectivity index (χ2n) is 10.6. The maximum Gasteiger partial charge on any atom is 0.235 e. The topological polar surface area (TPSA) is 111 Å². The highest BCUT2D eigenvalue weighted by molar-refractivity contribution is 6.05. The summed E-state index contributed by atoms with van der Waals surface area (Å²) in [6.45, 7) is 5.15. The van der Waals surface area contributed by atoms with Crippen LogP contribution < -0.4 is 15.4 Å². The SMILES string of the molecule is Cc1nc2c(OCc3c(F)cccc3F)cccn2c1-c1nc(CC2(NC=O)CC2)c2c(n1)NC(=O)C2(C)C. The van der Waals surface area contributed by atoms with Crippen LogP contribution in [0, 0.1) is 18.6 Å². The minimum Gasteiger partial charge on any atom is -0.485 e. The summed E-state index contributed by atoms with van der Waals surface area (Å²) in [5.41, 5.74) is 1.62. The van der Waals surface area contributed by atoms with Crippen LogP contribution in [-0.4, -0.2) is 37.2 Å². The van der Waals surface area contributed by atoms with Gasteiger partial charge in [0.25, 0.3) is 0 Å². The van der Waals surface area contributed by atoms with Crippen molar-refractivity contribution in [3.8, 4) is 17.3 Å². The lowest BCUT2D eigenvalue weighted by molar-refractivity contribution is -0.119. The number of fused-ring (bicyclic) bond motifs is 2. The Hall–Kier alpha value is -4.41. The minimum atomic E-state index is -0.835. The first-order valence-corrected chi connectivity index (χ1v) is 12.6. The molecule has 2 amide bonds. The van der Waals surface area contributed by atoms with Gasteiger partial charge in [-0.2, -0.15) is 0 Å². The summed E-state index contributed by atoms with van der Waals surface area (Å²) < 4.78 is 35.9. The van der Waals surface area contributed by atoms with E-state index in [4.69, 9.17) is 14.7 Å². The number of rotatable bonds is 8. The molecule has 0 spiro atoms. The van der Waals surface area contributed by atoms with Crippen LogP contribution in [0.4, 0.5) is 14.6 Å². The molecule has 9 nitrogen and oxygen atoms in total. The number of benzene rings is 1. The molecular formula is C28H26F2N6O3. The predicted molar refractivity (Wildman–Crippen MR) is 138 cm³/mol. The lowest BCUT2D eigenvalue weighted by Crippen LogP contribution is -2.34. The molecule has 39 heavy (non-hydrogen) atoms. The molecule has 2 aliphatic rings. The van der Waals surface area contributed by atoms with Crippen LogP contribution in [0.2, 0.25) is 0 Å². The molecule has 0 bridgehead atoms. The molecule has 4 aromatic rings. The van der Waals surface area contributed by atoms with Crippen molar-refractivity contribution in [2.75, 3.05) is 5.32 Å². The zero-order valence-corrected chi connectivity index (χ0v) is 21.6. The molecule has 2 N–H and O–H groups in total. The van der Waals surface area contributed by atoms with Gasteiger partial charge in [0.05, 0.1) is 22.4 Å². The van der Waals surface area contributed by atoms with Crippen LogP contribution >= 0.6 is 0 Å². The molecule has 0 unspecified atom stereocenters. The summed E-state index contributed by atoms with van der Waals surface area (Å²) in [6.07, 6.45) is 4.57. The van der Waals surface area contributed by atoms with Gasteiger partial charge in [0, 0.05) is 23.7 Å². The van der Waals surface area contributed by atoms with Gasteiger partial charge >= 0.3 is 0 Å². The van der Waals surface area contributed by atoms with Crippen molar-refractivity contribution in [2.24, 2.45) is 0 Å². The number of ether oxygens (including phenoxy) is 1. The molecule has 1 aromatic carbocycles. The summed E-state index contributed by atoms with van der Waals surface area (Å²) >= 11 is 0. The Kier molecular flexibility index (Phi) is 5.63. The van der Waals surface area contributed by atoms with Gasteiger partial charge in [-0.3, -0.25) is 14.0 Å². The zero-order chi connectivity index (χ0) is 27.5. The number of carbonyl (C=O) groups is 2. The molecule has 0 radical (unpaired) electrons. The van der Waals surface area contributed by atoms with Crippen LogP contribution in [0.1, 0.15) is 49.2 Å². The molecule has 1 aliphatic carbocycles. The predicted octanol–water partition coefficient (Wildman–Crippen LogP) is 4.01. The van der Waals surface area contributed by atoms with Crippen LogP contribution in [0.25, 0.3) is 17.2 Å². The van der Waals surface area contributed by atoms with Crippen molar-refractivity contribution in [2.45, 2.75) is 57.6 Å². The molecule has 4 heterocycles. The third kappa shape index (κ3) is 4.08. The van der Waals surface area contributed by atoms with E-state index >= 15 is 0 Å². The average Bonchev–Trinajstić information content (AvgIpc) is 3.47. The van der Waals surface area contributed by atoms with E-state index in [-0.39, 0.29) is 23.6 Å². The molecule has 1 fully saturated rings. The maximum absolute atomic E-state index is 14.1. The number of hydrogen-bond acceptors (Lipinski definition) is 6. The fraction of sp³-hybridized carbons (Fsp3) is 0.321. The van der Waals surface area contributed by atoms with E-state index in [1.165, 1.54) is 18.2 Å². The van der Waals surface area contributed by atoms with Crippen molar-refractivity contribution in [3.05, 3.63) is 70.7 Å². The van der Waals surface area contributed by atoms with Gasteiger partial charge in [0.1, 0.15) is 29.8 Å². The number of amides is 2. The van der Waals surface area contributed by atoms with Crippen LogP contribution in [0.3, 0.4) is 0 Å². The Morgan fingerprint density at radius 3 is 2.56 bits per heavy atom. The van der Waals surface area contributed by atoms with Crippen LogP contribution in [0.15, 0.2) is 36.5 Å². The number of nitrogens with one attached hydrogen (secondary N) is 2. The number of imidazole rings is 1. The highest BCUT2D eigenvalue weighted by Gasteiger charge is 2.48. The third-order valence-corrected chi connectivity index (χ3v) is 7.57. The number of aryl methyl sites for hydroxylation is 1. The molecular weight excluding hydrogens is 506 g/mol. The number of pyridine rings is 1. The van der Waals surface area contributed by atoms with Crippen LogP contribution in [-0.2, 0) is 28.0 Å². The molecule has 0 atom stereocenters. The molecule has 1 aliphatic heterocycles. The standard InChI is InChI=1S/C28H26F2N6O3/c1-15-22(36-11-5-8-20(25(36)32-15)39-13-16-17(29)6-4-7-18(16)30)24-33-19(12-28(9-10-28)31-14-37)21-23(34-24)35-26(38)27(21,2)3/h4-8,11,14H,9-10,12-13H2,1-3H3,(H,31,37)(H,33,34,35,38). The first-order valence-electron chi connectivity index (χ1n) is 12.6. The van der Waals surface area contributed by atoms with Gasteiger partial charge in [-0.05, 0) is 57.9 Å². The number of hydrogen-bond donors (Lipinski definition) is 2. The van der Waals surface area contributed by atoms with E-state index < -0.39 is 17.0 Å². The van der Waals surface area contributed by atoms with E-state index in [0.29, 0.717) is 53.0 Å². The molecule has 11 heteroatoms. The highest BCUT2D eigenvalue weighted by Crippen LogP contribution is 2.44. The molecule has 200 valence electrons.